The molecule has 0 saturated carbocycles. The molecule has 1 aliphatic heterocycles. The minimum atomic E-state index is 0.708. The third kappa shape index (κ3) is 2.35. The number of nitrogens with zero attached hydrogens (tertiary/aromatic N) is 1. The van der Waals surface area contributed by atoms with Crippen LogP contribution in [0.2, 0.25) is 0 Å². The first-order chi connectivity index (χ1) is 8.33. The molecule has 2 aromatic rings. The van der Waals surface area contributed by atoms with E-state index in [9.17, 15) is 0 Å². The third-order valence-corrected chi connectivity index (χ3v) is 3.92. The fraction of sp³-hybridized carbons (Fsp3) is 0.357. The maximum Gasteiger partial charge on any atom is 0.0703 e. The van der Waals surface area contributed by atoms with Crippen LogP contribution in [0.5, 0.6) is 0 Å². The Morgan fingerprint density at radius 2 is 2.00 bits per heavy atom. The molecule has 1 saturated heterocycles. The van der Waals surface area contributed by atoms with E-state index in [1.807, 2.05) is 6.20 Å². The van der Waals surface area contributed by atoms with E-state index in [1.165, 1.54) is 23.8 Å². The molecule has 3 rings (SSSR count). The smallest absolute Gasteiger partial charge is 0.0703 e. The molecular formula is C14H15BrN2. The molecular weight excluding hydrogens is 276 g/mol. The summed E-state index contributed by atoms with van der Waals surface area (Å²) >= 11 is 3.48. The van der Waals surface area contributed by atoms with E-state index in [1.54, 1.807) is 0 Å². The van der Waals surface area contributed by atoms with Crippen LogP contribution < -0.4 is 5.32 Å². The summed E-state index contributed by atoms with van der Waals surface area (Å²) < 4.78 is 1.05. The predicted molar refractivity (Wildman–Crippen MR) is 74.3 cm³/mol. The van der Waals surface area contributed by atoms with Crippen molar-refractivity contribution in [3.8, 4) is 0 Å². The quantitative estimate of drug-likeness (QED) is 0.870. The van der Waals surface area contributed by atoms with Crippen molar-refractivity contribution in [1.82, 2.24) is 10.3 Å². The molecule has 17 heavy (non-hydrogen) atoms. The van der Waals surface area contributed by atoms with Crippen LogP contribution in [-0.2, 0) is 0 Å². The van der Waals surface area contributed by atoms with Crippen molar-refractivity contribution in [2.45, 2.75) is 18.8 Å². The number of benzene rings is 1. The summed E-state index contributed by atoms with van der Waals surface area (Å²) in [5.74, 6) is 0.708. The summed E-state index contributed by atoms with van der Waals surface area (Å²) in [6, 6.07) is 8.81. The second-order valence-corrected chi connectivity index (χ2v) is 5.55. The zero-order valence-corrected chi connectivity index (χ0v) is 11.2. The minimum Gasteiger partial charge on any atom is -0.317 e. The second kappa shape index (κ2) is 4.75. The minimum absolute atomic E-state index is 0.708. The molecule has 0 amide bonds. The van der Waals surface area contributed by atoms with Crippen LogP contribution in [0.4, 0.5) is 0 Å². The molecule has 0 spiro atoms. The van der Waals surface area contributed by atoms with Gasteiger partial charge in [-0.2, -0.15) is 0 Å². The summed E-state index contributed by atoms with van der Waals surface area (Å²) in [7, 11) is 0. The van der Waals surface area contributed by atoms with Crippen LogP contribution in [-0.4, -0.2) is 18.1 Å². The maximum atomic E-state index is 4.41. The van der Waals surface area contributed by atoms with Crippen LogP contribution in [0.1, 0.15) is 24.3 Å². The first-order valence-electron chi connectivity index (χ1n) is 6.09. The molecule has 1 aromatic carbocycles. The Morgan fingerprint density at radius 1 is 1.18 bits per heavy atom. The van der Waals surface area contributed by atoms with Crippen molar-refractivity contribution in [2.24, 2.45) is 0 Å². The molecule has 1 fully saturated rings. The molecule has 3 heteroatoms. The standard InChI is InChI=1S/C14H15BrN2/c15-13-8-12-7-11(1-2-14(12)17-9-13)10-3-5-16-6-4-10/h1-2,7-10,16H,3-6H2. The Labute approximate surface area is 110 Å². The number of fused-ring (bicyclic) bond motifs is 1. The van der Waals surface area contributed by atoms with E-state index in [0.717, 1.165) is 23.1 Å². The summed E-state index contributed by atoms with van der Waals surface area (Å²) in [6.07, 6.45) is 4.34. The first kappa shape index (κ1) is 11.2. The van der Waals surface area contributed by atoms with Gasteiger partial charge in [-0.15, -0.1) is 0 Å². The number of halogens is 1. The van der Waals surface area contributed by atoms with Gasteiger partial charge < -0.3 is 5.32 Å². The van der Waals surface area contributed by atoms with E-state index in [0.29, 0.717) is 5.92 Å². The van der Waals surface area contributed by atoms with Crippen molar-refractivity contribution >= 4 is 26.8 Å². The SMILES string of the molecule is Brc1cnc2ccc(C3CCNCC3)cc2c1. The highest BCUT2D eigenvalue weighted by Gasteiger charge is 2.15. The largest absolute Gasteiger partial charge is 0.317 e. The molecule has 1 N–H and O–H groups in total. The Hall–Kier alpha value is -0.930. The Bertz CT molecular complexity index is 533. The summed E-state index contributed by atoms with van der Waals surface area (Å²) in [6.45, 7) is 2.28. The first-order valence-corrected chi connectivity index (χ1v) is 6.88. The van der Waals surface area contributed by atoms with E-state index >= 15 is 0 Å². The molecule has 0 bridgehead atoms. The Morgan fingerprint density at radius 3 is 2.82 bits per heavy atom. The molecule has 0 unspecified atom stereocenters. The van der Waals surface area contributed by atoms with Crippen LogP contribution in [0.3, 0.4) is 0 Å². The summed E-state index contributed by atoms with van der Waals surface area (Å²) in [5, 5.41) is 4.64. The van der Waals surface area contributed by atoms with Crippen molar-refractivity contribution < 1.29 is 0 Å². The van der Waals surface area contributed by atoms with Gasteiger partial charge in [0.15, 0.2) is 0 Å². The van der Waals surface area contributed by atoms with Crippen molar-refractivity contribution in [3.05, 3.63) is 40.5 Å². The number of nitrogens with one attached hydrogen (secondary N) is 1. The zero-order chi connectivity index (χ0) is 11.7. The molecule has 1 aromatic heterocycles. The van der Waals surface area contributed by atoms with Gasteiger partial charge in [0, 0.05) is 16.1 Å². The number of hydrogen-bond donors (Lipinski definition) is 1. The van der Waals surface area contributed by atoms with Gasteiger partial charge in [0.1, 0.15) is 0 Å². The molecule has 88 valence electrons. The third-order valence-electron chi connectivity index (χ3n) is 3.48. The topological polar surface area (TPSA) is 24.9 Å². The van der Waals surface area contributed by atoms with Crippen molar-refractivity contribution in [2.75, 3.05) is 13.1 Å². The lowest BCUT2D eigenvalue weighted by Crippen LogP contribution is -2.26. The summed E-state index contributed by atoms with van der Waals surface area (Å²) in [5.41, 5.74) is 2.53. The molecule has 1 aliphatic rings. The van der Waals surface area contributed by atoms with Crippen LogP contribution >= 0.6 is 15.9 Å². The van der Waals surface area contributed by atoms with Gasteiger partial charge in [-0.05, 0) is 71.5 Å². The van der Waals surface area contributed by atoms with E-state index in [-0.39, 0.29) is 0 Å². The van der Waals surface area contributed by atoms with E-state index in [2.05, 4.69) is 50.5 Å². The van der Waals surface area contributed by atoms with E-state index in [4.69, 9.17) is 0 Å². The lowest BCUT2D eigenvalue weighted by molar-refractivity contribution is 0.460. The number of pyridine rings is 1. The van der Waals surface area contributed by atoms with Crippen molar-refractivity contribution in [1.29, 1.82) is 0 Å². The number of rotatable bonds is 1. The number of piperidine rings is 1. The fourth-order valence-corrected chi connectivity index (χ4v) is 2.88. The number of hydrogen-bond acceptors (Lipinski definition) is 2. The summed E-state index contributed by atoms with van der Waals surface area (Å²) in [4.78, 5) is 4.41. The lowest BCUT2D eigenvalue weighted by Gasteiger charge is -2.23. The second-order valence-electron chi connectivity index (χ2n) is 4.63. The van der Waals surface area contributed by atoms with Crippen molar-refractivity contribution in [3.63, 3.8) is 0 Å². The maximum absolute atomic E-state index is 4.41. The average molecular weight is 291 g/mol. The van der Waals surface area contributed by atoms with Gasteiger partial charge in [0.05, 0.1) is 5.52 Å². The average Bonchev–Trinajstić information content (AvgIpc) is 2.39. The predicted octanol–water partition coefficient (Wildman–Crippen LogP) is 3.46. The molecule has 0 aliphatic carbocycles. The van der Waals surface area contributed by atoms with E-state index < -0.39 is 0 Å². The zero-order valence-electron chi connectivity index (χ0n) is 9.62. The fourth-order valence-electron chi connectivity index (χ4n) is 2.53. The van der Waals surface area contributed by atoms with Gasteiger partial charge in [-0.25, -0.2) is 0 Å². The van der Waals surface area contributed by atoms with Gasteiger partial charge in [0.25, 0.3) is 0 Å². The molecule has 2 heterocycles. The van der Waals surface area contributed by atoms with Gasteiger partial charge in [-0.3, -0.25) is 4.98 Å². The van der Waals surface area contributed by atoms with Crippen LogP contribution in [0.25, 0.3) is 10.9 Å². The lowest BCUT2D eigenvalue weighted by atomic mass is 9.89. The normalized spacial score (nSPS) is 17.5. The van der Waals surface area contributed by atoms with Gasteiger partial charge in [0.2, 0.25) is 0 Å². The van der Waals surface area contributed by atoms with Gasteiger partial charge in [-0.1, -0.05) is 6.07 Å². The Kier molecular flexibility index (Phi) is 3.12. The van der Waals surface area contributed by atoms with Gasteiger partial charge >= 0.3 is 0 Å². The highest BCUT2D eigenvalue weighted by molar-refractivity contribution is 9.10. The Balaban J connectivity index is 1.99. The monoisotopic (exact) mass is 290 g/mol. The molecule has 0 radical (unpaired) electrons. The molecule has 2 nitrogen and oxygen atoms in total. The number of aromatic nitrogens is 1. The highest BCUT2D eigenvalue weighted by Crippen LogP contribution is 2.28. The highest BCUT2D eigenvalue weighted by atomic mass is 79.9. The van der Waals surface area contributed by atoms with Crippen LogP contribution in [0, 0.1) is 0 Å². The van der Waals surface area contributed by atoms with Crippen LogP contribution in [0.15, 0.2) is 34.9 Å². The molecule has 0 atom stereocenters.